The van der Waals surface area contributed by atoms with Gasteiger partial charge in [0.05, 0.1) is 31.1 Å². The van der Waals surface area contributed by atoms with Crippen molar-refractivity contribution in [3.8, 4) is 0 Å². The van der Waals surface area contributed by atoms with Gasteiger partial charge in [0.25, 0.3) is 5.91 Å². The van der Waals surface area contributed by atoms with Gasteiger partial charge in [0.1, 0.15) is 0 Å². The molecular formula is C20H34N3O3S+. The van der Waals surface area contributed by atoms with Crippen molar-refractivity contribution < 1.29 is 18.1 Å². The summed E-state index contributed by atoms with van der Waals surface area (Å²) in [7, 11) is -3.51. The minimum Gasteiger partial charge on any atom is -0.351 e. The second-order valence-corrected chi connectivity index (χ2v) is 10.0. The van der Waals surface area contributed by atoms with E-state index in [-0.39, 0.29) is 11.9 Å². The zero-order valence-corrected chi connectivity index (χ0v) is 18.2. The maximum absolute atomic E-state index is 13.2. The largest absolute Gasteiger partial charge is 0.351 e. The Kier molecular flexibility index (Phi) is 7.05. The number of amides is 1. The molecule has 7 heteroatoms. The molecule has 1 fully saturated rings. The Hall–Kier alpha value is -1.44. The molecule has 152 valence electrons. The number of hydrogen-bond acceptors (Lipinski definition) is 3. The Bertz CT molecular complexity index is 759. The Balaban J connectivity index is 2.06. The van der Waals surface area contributed by atoms with Crippen LogP contribution in [0.25, 0.3) is 0 Å². The highest BCUT2D eigenvalue weighted by Gasteiger charge is 2.35. The van der Waals surface area contributed by atoms with E-state index in [1.165, 1.54) is 0 Å². The van der Waals surface area contributed by atoms with Crippen molar-refractivity contribution in [2.75, 3.05) is 32.7 Å². The molecule has 0 radical (unpaired) electrons. The molecule has 1 aromatic carbocycles. The molecule has 0 aliphatic carbocycles. The predicted octanol–water partition coefficient (Wildman–Crippen LogP) is 0.662. The summed E-state index contributed by atoms with van der Waals surface area (Å²) in [6, 6.07) is 3.67. The summed E-state index contributed by atoms with van der Waals surface area (Å²) in [6.45, 7) is 14.6. The number of hydrogen-bond donors (Lipinski definition) is 2. The summed E-state index contributed by atoms with van der Waals surface area (Å²) in [4.78, 5) is 13.9. The standard InChI is InChI=1S/C20H33N3O3S/c1-14(2)13-21-20(24)18(6)22-7-9-23(10-8-22)27(25,26)19-16(4)11-15(3)12-17(19)5/h11-12,14,18H,7-10,13H2,1-6H3,(H,21,24)/p+1/t18-/m0/s1. The fourth-order valence-corrected chi connectivity index (χ4v) is 5.65. The van der Waals surface area contributed by atoms with Crippen LogP contribution in [-0.2, 0) is 14.8 Å². The molecule has 0 saturated carbocycles. The maximum Gasteiger partial charge on any atom is 0.278 e. The van der Waals surface area contributed by atoms with E-state index >= 15 is 0 Å². The van der Waals surface area contributed by atoms with Crippen molar-refractivity contribution in [1.29, 1.82) is 0 Å². The van der Waals surface area contributed by atoms with E-state index < -0.39 is 10.0 Å². The van der Waals surface area contributed by atoms with Crippen molar-refractivity contribution in [2.24, 2.45) is 5.92 Å². The van der Waals surface area contributed by atoms with Crippen LogP contribution in [-0.4, -0.2) is 57.4 Å². The molecule has 27 heavy (non-hydrogen) atoms. The van der Waals surface area contributed by atoms with Crippen LogP contribution in [0.1, 0.15) is 37.5 Å². The van der Waals surface area contributed by atoms with Crippen LogP contribution >= 0.6 is 0 Å². The Morgan fingerprint density at radius 2 is 1.63 bits per heavy atom. The highest BCUT2D eigenvalue weighted by molar-refractivity contribution is 7.89. The smallest absolute Gasteiger partial charge is 0.278 e. The molecule has 1 aliphatic heterocycles. The van der Waals surface area contributed by atoms with Gasteiger partial charge in [-0.15, -0.1) is 0 Å². The van der Waals surface area contributed by atoms with Gasteiger partial charge in [0, 0.05) is 6.54 Å². The first kappa shape index (κ1) is 21.9. The van der Waals surface area contributed by atoms with Crippen molar-refractivity contribution in [3.63, 3.8) is 0 Å². The molecule has 1 aliphatic rings. The number of aryl methyl sites for hydroxylation is 3. The van der Waals surface area contributed by atoms with Gasteiger partial charge in [-0.05, 0) is 44.7 Å². The summed E-state index contributed by atoms with van der Waals surface area (Å²) in [5.74, 6) is 0.458. The molecule has 0 unspecified atom stereocenters. The number of nitrogens with one attached hydrogen (secondary N) is 2. The van der Waals surface area contributed by atoms with E-state index in [4.69, 9.17) is 0 Å². The van der Waals surface area contributed by atoms with Crippen molar-refractivity contribution in [1.82, 2.24) is 9.62 Å². The monoisotopic (exact) mass is 396 g/mol. The van der Waals surface area contributed by atoms with Crippen LogP contribution in [0, 0.1) is 26.7 Å². The number of rotatable bonds is 6. The first-order valence-electron chi connectivity index (χ1n) is 9.74. The van der Waals surface area contributed by atoms with Gasteiger partial charge in [-0.2, -0.15) is 4.31 Å². The predicted molar refractivity (Wildman–Crippen MR) is 107 cm³/mol. The first-order chi connectivity index (χ1) is 12.5. The van der Waals surface area contributed by atoms with E-state index in [0.29, 0.717) is 43.5 Å². The SMILES string of the molecule is Cc1cc(C)c(S(=O)(=O)N2CC[NH+]([C@@H](C)C(=O)NCC(C)C)CC2)c(C)c1. The van der Waals surface area contributed by atoms with E-state index in [9.17, 15) is 13.2 Å². The fraction of sp³-hybridized carbons (Fsp3) is 0.650. The summed E-state index contributed by atoms with van der Waals surface area (Å²) in [5, 5.41) is 2.98. The summed E-state index contributed by atoms with van der Waals surface area (Å²) >= 11 is 0. The summed E-state index contributed by atoms with van der Waals surface area (Å²) < 4.78 is 27.9. The van der Waals surface area contributed by atoms with Crippen LogP contribution in [0.5, 0.6) is 0 Å². The average molecular weight is 397 g/mol. The first-order valence-corrected chi connectivity index (χ1v) is 11.2. The lowest BCUT2D eigenvalue weighted by Gasteiger charge is -2.34. The molecule has 1 amide bonds. The zero-order valence-electron chi connectivity index (χ0n) is 17.4. The summed E-state index contributed by atoms with van der Waals surface area (Å²) in [6.07, 6.45) is 0. The highest BCUT2D eigenvalue weighted by Crippen LogP contribution is 2.25. The minimum absolute atomic E-state index is 0.0419. The number of quaternary nitrogens is 1. The Morgan fingerprint density at radius 3 is 2.11 bits per heavy atom. The molecule has 6 nitrogen and oxygen atoms in total. The van der Waals surface area contributed by atoms with Crippen molar-refractivity contribution in [3.05, 3.63) is 28.8 Å². The van der Waals surface area contributed by atoms with Crippen LogP contribution in [0.2, 0.25) is 0 Å². The van der Waals surface area contributed by atoms with E-state index in [2.05, 4.69) is 19.2 Å². The normalized spacial score (nSPS) is 17.9. The molecule has 1 saturated heterocycles. The highest BCUT2D eigenvalue weighted by atomic mass is 32.2. The van der Waals surface area contributed by atoms with Gasteiger partial charge in [-0.3, -0.25) is 4.79 Å². The van der Waals surface area contributed by atoms with Gasteiger partial charge in [0.15, 0.2) is 6.04 Å². The van der Waals surface area contributed by atoms with Gasteiger partial charge in [-0.25, -0.2) is 8.42 Å². The molecule has 0 bridgehead atoms. The third-order valence-corrected chi connectivity index (χ3v) is 7.46. The number of carbonyl (C=O) groups is 1. The minimum atomic E-state index is -3.51. The lowest BCUT2D eigenvalue weighted by molar-refractivity contribution is -0.917. The quantitative estimate of drug-likeness (QED) is 0.742. The maximum atomic E-state index is 13.2. The Labute approximate surface area is 164 Å². The number of sulfonamides is 1. The Morgan fingerprint density at radius 1 is 1.11 bits per heavy atom. The van der Waals surface area contributed by atoms with Crippen LogP contribution in [0.3, 0.4) is 0 Å². The zero-order chi connectivity index (χ0) is 20.4. The van der Waals surface area contributed by atoms with Crippen LogP contribution in [0.4, 0.5) is 0 Å². The third kappa shape index (κ3) is 5.09. The third-order valence-electron chi connectivity index (χ3n) is 5.26. The molecule has 1 atom stereocenters. The molecule has 2 rings (SSSR count). The van der Waals surface area contributed by atoms with Gasteiger partial charge >= 0.3 is 0 Å². The second-order valence-electron chi connectivity index (χ2n) is 8.15. The van der Waals surface area contributed by atoms with E-state index in [0.717, 1.165) is 21.6 Å². The topological polar surface area (TPSA) is 70.9 Å². The lowest BCUT2D eigenvalue weighted by atomic mass is 10.1. The molecule has 1 aromatic rings. The van der Waals surface area contributed by atoms with Gasteiger partial charge in [0.2, 0.25) is 10.0 Å². The molecule has 1 heterocycles. The van der Waals surface area contributed by atoms with Crippen molar-refractivity contribution >= 4 is 15.9 Å². The average Bonchev–Trinajstić information content (AvgIpc) is 2.57. The second kappa shape index (κ2) is 8.71. The number of piperazine rings is 1. The number of benzene rings is 1. The van der Waals surface area contributed by atoms with Crippen LogP contribution in [0.15, 0.2) is 17.0 Å². The van der Waals surface area contributed by atoms with Crippen LogP contribution < -0.4 is 10.2 Å². The number of carbonyl (C=O) groups excluding carboxylic acids is 1. The molecular weight excluding hydrogens is 362 g/mol. The molecule has 0 spiro atoms. The van der Waals surface area contributed by atoms with Crippen molar-refractivity contribution in [2.45, 2.75) is 52.5 Å². The molecule has 0 aromatic heterocycles. The fourth-order valence-electron chi connectivity index (χ4n) is 3.79. The lowest BCUT2D eigenvalue weighted by Crippen LogP contribution is -3.19. The summed E-state index contributed by atoms with van der Waals surface area (Å²) in [5.41, 5.74) is 2.66. The van der Waals surface area contributed by atoms with Gasteiger partial charge in [-0.1, -0.05) is 31.5 Å². The van der Waals surface area contributed by atoms with E-state index in [1.807, 2.05) is 39.8 Å². The number of nitrogens with zero attached hydrogens (tertiary/aromatic N) is 1. The van der Waals surface area contributed by atoms with Gasteiger partial charge < -0.3 is 10.2 Å². The van der Waals surface area contributed by atoms with E-state index in [1.54, 1.807) is 4.31 Å². The molecule has 2 N–H and O–H groups in total.